The van der Waals surface area contributed by atoms with E-state index in [2.05, 4.69) is 10.4 Å². The van der Waals surface area contributed by atoms with Crippen molar-refractivity contribution in [2.75, 3.05) is 6.61 Å². The molecule has 0 aliphatic carbocycles. The van der Waals surface area contributed by atoms with Gasteiger partial charge in [-0.15, -0.1) is 0 Å². The highest BCUT2D eigenvalue weighted by molar-refractivity contribution is 6.05. The zero-order valence-electron chi connectivity index (χ0n) is 14.3. The number of nitrogens with one attached hydrogen (secondary N) is 1. The quantitative estimate of drug-likeness (QED) is 0.719. The van der Waals surface area contributed by atoms with Crippen LogP contribution >= 0.6 is 0 Å². The van der Waals surface area contributed by atoms with Gasteiger partial charge in [-0.25, -0.2) is 4.79 Å². The van der Waals surface area contributed by atoms with Gasteiger partial charge in [-0.1, -0.05) is 0 Å². The molecule has 0 saturated carbocycles. The van der Waals surface area contributed by atoms with Crippen LogP contribution in [0.3, 0.4) is 0 Å². The molecule has 1 aromatic carbocycles. The molecule has 0 saturated heterocycles. The maximum absolute atomic E-state index is 12.5. The molecule has 0 bridgehead atoms. The summed E-state index contributed by atoms with van der Waals surface area (Å²) in [5.41, 5.74) is 1.75. The molecule has 7 heteroatoms. The van der Waals surface area contributed by atoms with Crippen LogP contribution in [0.25, 0.3) is 11.0 Å². The van der Waals surface area contributed by atoms with Crippen molar-refractivity contribution < 1.29 is 13.9 Å². The summed E-state index contributed by atoms with van der Waals surface area (Å²) < 4.78 is 12.3. The van der Waals surface area contributed by atoms with Gasteiger partial charge in [-0.2, -0.15) is 5.10 Å². The van der Waals surface area contributed by atoms with Gasteiger partial charge in [0, 0.05) is 30.3 Å². The van der Waals surface area contributed by atoms with E-state index in [9.17, 15) is 9.59 Å². The van der Waals surface area contributed by atoms with Crippen molar-refractivity contribution in [2.45, 2.75) is 20.4 Å². The van der Waals surface area contributed by atoms with Crippen molar-refractivity contribution in [1.82, 2.24) is 15.1 Å². The number of hydrogen-bond donors (Lipinski definition) is 1. The Bertz CT molecular complexity index is 968. The van der Waals surface area contributed by atoms with E-state index in [1.165, 1.54) is 6.07 Å². The predicted molar refractivity (Wildman–Crippen MR) is 92.8 cm³/mol. The first kappa shape index (κ1) is 16.8. The summed E-state index contributed by atoms with van der Waals surface area (Å²) in [4.78, 5) is 24.3. The number of benzene rings is 1. The average molecular weight is 341 g/mol. The molecule has 0 fully saturated rings. The number of nitrogens with zero attached hydrogens (tertiary/aromatic N) is 2. The Labute approximate surface area is 144 Å². The van der Waals surface area contributed by atoms with Crippen LogP contribution < -0.4 is 15.7 Å². The van der Waals surface area contributed by atoms with Crippen molar-refractivity contribution in [3.8, 4) is 5.75 Å². The van der Waals surface area contributed by atoms with E-state index in [4.69, 9.17) is 9.15 Å². The molecular weight excluding hydrogens is 322 g/mol. The second-order valence-electron chi connectivity index (χ2n) is 5.65. The van der Waals surface area contributed by atoms with E-state index in [0.29, 0.717) is 23.3 Å². The Morgan fingerprint density at radius 2 is 2.12 bits per heavy atom. The lowest BCUT2D eigenvalue weighted by atomic mass is 10.1. The Morgan fingerprint density at radius 1 is 1.32 bits per heavy atom. The molecule has 0 aliphatic heterocycles. The lowest BCUT2D eigenvalue weighted by Gasteiger charge is -2.08. The number of ether oxygens (including phenoxy) is 1. The van der Waals surface area contributed by atoms with Gasteiger partial charge in [-0.3, -0.25) is 9.48 Å². The van der Waals surface area contributed by atoms with Gasteiger partial charge < -0.3 is 14.5 Å². The van der Waals surface area contributed by atoms with Crippen LogP contribution in [0.1, 0.15) is 28.7 Å². The summed E-state index contributed by atoms with van der Waals surface area (Å²) in [7, 11) is 1.84. The van der Waals surface area contributed by atoms with Crippen LogP contribution in [0.5, 0.6) is 5.75 Å². The van der Waals surface area contributed by atoms with E-state index in [-0.39, 0.29) is 18.0 Å². The molecule has 0 radical (unpaired) electrons. The van der Waals surface area contributed by atoms with Crippen LogP contribution in [0.15, 0.2) is 39.5 Å². The molecule has 0 atom stereocenters. The van der Waals surface area contributed by atoms with Gasteiger partial charge in [0.1, 0.15) is 11.3 Å². The number of aromatic nitrogens is 2. The molecule has 0 spiro atoms. The minimum Gasteiger partial charge on any atom is -0.494 e. The van der Waals surface area contributed by atoms with Crippen LogP contribution in [0.4, 0.5) is 0 Å². The molecule has 3 rings (SSSR count). The number of hydrogen-bond acceptors (Lipinski definition) is 5. The highest BCUT2D eigenvalue weighted by atomic mass is 16.5. The minimum atomic E-state index is -0.583. The summed E-state index contributed by atoms with van der Waals surface area (Å²) in [6.45, 7) is 4.58. The molecule has 130 valence electrons. The molecule has 2 aromatic heterocycles. The van der Waals surface area contributed by atoms with Crippen LogP contribution in [-0.4, -0.2) is 22.3 Å². The number of amides is 1. The number of carbonyl (C=O) groups excluding carboxylic acids is 1. The third-order valence-electron chi connectivity index (χ3n) is 3.87. The van der Waals surface area contributed by atoms with E-state index in [1.807, 2.05) is 27.0 Å². The van der Waals surface area contributed by atoms with E-state index in [0.717, 1.165) is 11.4 Å². The molecule has 1 N–H and O–H groups in total. The Hall–Kier alpha value is -3.09. The van der Waals surface area contributed by atoms with Crippen LogP contribution in [-0.2, 0) is 13.6 Å². The summed E-state index contributed by atoms with van der Waals surface area (Å²) in [6, 6.07) is 8.15. The molecule has 7 nitrogen and oxygen atoms in total. The molecule has 0 aliphatic rings. The molecular formula is C18H19N3O4. The van der Waals surface area contributed by atoms with Gasteiger partial charge in [0.05, 0.1) is 24.4 Å². The van der Waals surface area contributed by atoms with Crippen molar-refractivity contribution in [2.24, 2.45) is 7.05 Å². The van der Waals surface area contributed by atoms with Crippen LogP contribution in [0.2, 0.25) is 0 Å². The fourth-order valence-electron chi connectivity index (χ4n) is 2.57. The monoisotopic (exact) mass is 341 g/mol. The van der Waals surface area contributed by atoms with E-state index < -0.39 is 5.63 Å². The zero-order chi connectivity index (χ0) is 18.0. The van der Waals surface area contributed by atoms with E-state index >= 15 is 0 Å². The van der Waals surface area contributed by atoms with Gasteiger partial charge in [0.15, 0.2) is 0 Å². The van der Waals surface area contributed by atoms with Crippen molar-refractivity contribution >= 4 is 16.9 Å². The first-order chi connectivity index (χ1) is 12.0. The van der Waals surface area contributed by atoms with Gasteiger partial charge in [0.25, 0.3) is 5.91 Å². The lowest BCUT2D eigenvalue weighted by molar-refractivity contribution is 0.0951. The zero-order valence-corrected chi connectivity index (χ0v) is 14.3. The topological polar surface area (TPSA) is 86.4 Å². The minimum absolute atomic E-state index is 0.266. The van der Waals surface area contributed by atoms with E-state index in [1.54, 1.807) is 22.9 Å². The number of rotatable bonds is 5. The predicted octanol–water partition coefficient (Wildman–Crippen LogP) is 2.16. The third-order valence-corrected chi connectivity index (χ3v) is 3.87. The fourth-order valence-corrected chi connectivity index (χ4v) is 2.57. The first-order valence-corrected chi connectivity index (χ1v) is 7.96. The molecule has 25 heavy (non-hydrogen) atoms. The first-order valence-electron chi connectivity index (χ1n) is 7.96. The Morgan fingerprint density at radius 3 is 2.80 bits per heavy atom. The van der Waals surface area contributed by atoms with Gasteiger partial charge >= 0.3 is 5.63 Å². The molecule has 0 unspecified atom stereocenters. The highest BCUT2D eigenvalue weighted by Crippen LogP contribution is 2.22. The maximum Gasteiger partial charge on any atom is 0.337 e. The highest BCUT2D eigenvalue weighted by Gasteiger charge is 2.14. The second kappa shape index (κ2) is 6.80. The summed E-state index contributed by atoms with van der Waals surface area (Å²) in [5, 5.41) is 7.63. The standard InChI is InChI=1S/C18H19N3O4/c1-4-24-13-5-6-14-15(9-17(22)25-16(14)8-13)18(23)19-10-12-7-11(2)21(3)20-12/h5-9H,4,10H2,1-3H3,(H,19,23). The number of carbonyl (C=O) groups is 1. The SMILES string of the molecule is CCOc1ccc2c(C(=O)NCc3cc(C)n(C)n3)cc(=O)oc2c1. The number of fused-ring (bicyclic) bond motifs is 1. The number of aryl methyl sites for hydroxylation is 2. The Balaban J connectivity index is 1.88. The summed E-state index contributed by atoms with van der Waals surface area (Å²) in [6.07, 6.45) is 0. The lowest BCUT2D eigenvalue weighted by Crippen LogP contribution is -2.24. The Kier molecular flexibility index (Phi) is 4.56. The van der Waals surface area contributed by atoms with Crippen molar-refractivity contribution in [1.29, 1.82) is 0 Å². The molecule has 3 aromatic rings. The van der Waals surface area contributed by atoms with Gasteiger partial charge in [0.2, 0.25) is 0 Å². The average Bonchev–Trinajstić information content (AvgIpc) is 2.90. The summed E-state index contributed by atoms with van der Waals surface area (Å²) in [5.74, 6) is 0.227. The van der Waals surface area contributed by atoms with Crippen LogP contribution in [0, 0.1) is 6.92 Å². The fraction of sp³-hybridized carbons (Fsp3) is 0.278. The molecule has 2 heterocycles. The molecule has 1 amide bonds. The largest absolute Gasteiger partial charge is 0.494 e. The second-order valence-corrected chi connectivity index (χ2v) is 5.65. The third kappa shape index (κ3) is 3.55. The van der Waals surface area contributed by atoms with Crippen molar-refractivity contribution in [3.05, 3.63) is 57.7 Å². The maximum atomic E-state index is 12.5. The smallest absolute Gasteiger partial charge is 0.337 e. The van der Waals surface area contributed by atoms with Crippen molar-refractivity contribution in [3.63, 3.8) is 0 Å². The normalized spacial score (nSPS) is 10.8. The summed E-state index contributed by atoms with van der Waals surface area (Å²) >= 11 is 0. The van der Waals surface area contributed by atoms with Gasteiger partial charge in [-0.05, 0) is 32.0 Å².